The van der Waals surface area contributed by atoms with E-state index in [-0.39, 0.29) is 11.4 Å². The molecule has 1 aromatic carbocycles. The molecule has 1 N–H and O–H groups in total. The number of hydrogen-bond acceptors (Lipinski definition) is 5. The summed E-state index contributed by atoms with van der Waals surface area (Å²) < 4.78 is 8.80. The van der Waals surface area contributed by atoms with Gasteiger partial charge in [0.2, 0.25) is 5.89 Å². The van der Waals surface area contributed by atoms with Crippen molar-refractivity contribution in [3.63, 3.8) is 0 Å². The highest BCUT2D eigenvalue weighted by Crippen LogP contribution is 2.25. The molecular weight excluding hydrogens is 332 g/mol. The average molecular weight is 346 g/mol. The van der Waals surface area contributed by atoms with Gasteiger partial charge >= 0.3 is 0 Å². The lowest BCUT2D eigenvalue weighted by Crippen LogP contribution is -2.02. The van der Waals surface area contributed by atoms with Crippen LogP contribution in [0.3, 0.4) is 0 Å². The third kappa shape index (κ3) is 2.08. The molecule has 0 spiro atoms. The molecule has 0 fully saturated rings. The summed E-state index contributed by atoms with van der Waals surface area (Å²) in [6, 6.07) is 7.93. The second-order valence-corrected chi connectivity index (χ2v) is 5.89. The van der Waals surface area contributed by atoms with Gasteiger partial charge in [0, 0.05) is 23.7 Å². The average Bonchev–Trinajstić information content (AvgIpc) is 3.37. The molecule has 5 aromatic rings. The Morgan fingerprint density at radius 1 is 1.27 bits per heavy atom. The molecule has 0 saturated carbocycles. The minimum atomic E-state index is -0.295. The van der Waals surface area contributed by atoms with Gasteiger partial charge in [-0.25, -0.2) is 14.5 Å². The zero-order chi connectivity index (χ0) is 17.7. The van der Waals surface area contributed by atoms with Gasteiger partial charge in [0.15, 0.2) is 5.65 Å². The molecule has 8 nitrogen and oxygen atoms in total. The predicted octanol–water partition coefficient (Wildman–Crippen LogP) is 2.71. The second kappa shape index (κ2) is 5.41. The van der Waals surface area contributed by atoms with Gasteiger partial charge in [-0.1, -0.05) is 12.1 Å². The van der Waals surface area contributed by atoms with Crippen molar-refractivity contribution in [2.24, 2.45) is 0 Å². The summed E-state index contributed by atoms with van der Waals surface area (Å²) in [6.07, 6.45) is 6.56. The van der Waals surface area contributed by atoms with Gasteiger partial charge < -0.3 is 4.42 Å². The second-order valence-electron chi connectivity index (χ2n) is 5.89. The van der Waals surface area contributed by atoms with E-state index in [0.717, 1.165) is 28.7 Å². The maximum atomic E-state index is 12.3. The van der Waals surface area contributed by atoms with Crippen LogP contribution in [-0.4, -0.2) is 29.4 Å². The van der Waals surface area contributed by atoms with Crippen molar-refractivity contribution in [3.05, 3.63) is 59.5 Å². The Hall–Kier alpha value is -3.68. The summed E-state index contributed by atoms with van der Waals surface area (Å²) in [5.74, 6) is 0.248. The number of benzene rings is 1. The molecule has 4 heterocycles. The molecule has 0 amide bonds. The summed E-state index contributed by atoms with van der Waals surface area (Å²) in [5, 5.41) is 8.18. The Labute approximate surface area is 146 Å². The Bertz CT molecular complexity index is 1290. The molecule has 0 bridgehead atoms. The third-order valence-electron chi connectivity index (χ3n) is 4.39. The van der Waals surface area contributed by atoms with E-state index in [9.17, 15) is 4.79 Å². The summed E-state index contributed by atoms with van der Waals surface area (Å²) in [6.45, 7) is 2.85. The van der Waals surface area contributed by atoms with Crippen LogP contribution in [0.2, 0.25) is 0 Å². The van der Waals surface area contributed by atoms with E-state index in [1.165, 1.54) is 12.5 Å². The number of aromatic nitrogens is 6. The zero-order valence-electron chi connectivity index (χ0n) is 13.9. The smallest absolute Gasteiger partial charge is 0.279 e. The highest BCUT2D eigenvalue weighted by atomic mass is 16.3. The van der Waals surface area contributed by atoms with Crippen molar-refractivity contribution in [2.45, 2.75) is 13.5 Å². The molecule has 0 atom stereocenters. The minimum Gasteiger partial charge on any atom is -0.444 e. The van der Waals surface area contributed by atoms with Crippen LogP contribution in [0.25, 0.3) is 39.3 Å². The number of hydrogen-bond donors (Lipinski definition) is 1. The fraction of sp³-hybridized carbons (Fsp3) is 0.111. The summed E-state index contributed by atoms with van der Waals surface area (Å²) in [5.41, 5.74) is 3.24. The maximum Gasteiger partial charge on any atom is 0.279 e. The van der Waals surface area contributed by atoms with Crippen LogP contribution in [0.4, 0.5) is 0 Å². The molecule has 0 saturated heterocycles. The molecular formula is C18H14N6O2. The van der Waals surface area contributed by atoms with Crippen LogP contribution in [-0.2, 0) is 6.54 Å². The fourth-order valence-corrected chi connectivity index (χ4v) is 3.14. The van der Waals surface area contributed by atoms with Gasteiger partial charge in [-0.15, -0.1) is 0 Å². The SMILES string of the molecule is CCn1ncc2ccc(-c3ccn4[nH]c(=O)c(-c5ncco5)c4n3)cc21. The van der Waals surface area contributed by atoms with Gasteiger partial charge in [-0.05, 0) is 19.1 Å². The zero-order valence-corrected chi connectivity index (χ0v) is 13.9. The normalized spacial score (nSPS) is 11.6. The topological polar surface area (TPSA) is 94.0 Å². The van der Waals surface area contributed by atoms with E-state index in [2.05, 4.69) is 33.2 Å². The maximum absolute atomic E-state index is 12.3. The van der Waals surface area contributed by atoms with Crippen molar-refractivity contribution in [2.75, 3.05) is 0 Å². The number of aromatic amines is 1. The molecule has 4 aromatic heterocycles. The summed E-state index contributed by atoms with van der Waals surface area (Å²) >= 11 is 0. The standard InChI is InChI=1S/C18H14N6O2/c1-2-23-14-9-11(3-4-12(14)10-20-23)13-5-7-24-16(21-13)15(17(25)22-24)18-19-6-8-26-18/h3-10H,2H2,1H3,(H,22,25). The molecule has 26 heavy (non-hydrogen) atoms. The number of fused-ring (bicyclic) bond motifs is 2. The van der Waals surface area contributed by atoms with Gasteiger partial charge in [-0.2, -0.15) is 5.10 Å². The predicted molar refractivity (Wildman–Crippen MR) is 95.7 cm³/mol. The monoisotopic (exact) mass is 346 g/mol. The molecule has 0 aliphatic rings. The van der Waals surface area contributed by atoms with Crippen LogP contribution >= 0.6 is 0 Å². The number of aryl methyl sites for hydroxylation is 1. The number of nitrogens with one attached hydrogen (secondary N) is 1. The first-order valence-electron chi connectivity index (χ1n) is 8.22. The van der Waals surface area contributed by atoms with E-state index in [1.807, 2.05) is 29.1 Å². The van der Waals surface area contributed by atoms with Crippen molar-refractivity contribution >= 4 is 16.6 Å². The Morgan fingerprint density at radius 2 is 2.19 bits per heavy atom. The van der Waals surface area contributed by atoms with E-state index >= 15 is 0 Å². The molecule has 5 rings (SSSR count). The van der Waals surface area contributed by atoms with Gasteiger partial charge in [0.05, 0.1) is 23.6 Å². The fourth-order valence-electron chi connectivity index (χ4n) is 3.14. The van der Waals surface area contributed by atoms with Crippen molar-refractivity contribution < 1.29 is 4.42 Å². The Kier molecular flexibility index (Phi) is 3.05. The molecule has 128 valence electrons. The van der Waals surface area contributed by atoms with E-state index < -0.39 is 0 Å². The number of rotatable bonds is 3. The first kappa shape index (κ1) is 14.6. The lowest BCUT2D eigenvalue weighted by molar-refractivity contribution is 0.574. The lowest BCUT2D eigenvalue weighted by atomic mass is 10.1. The van der Waals surface area contributed by atoms with E-state index in [4.69, 9.17) is 4.42 Å². The summed E-state index contributed by atoms with van der Waals surface area (Å²) in [7, 11) is 0. The summed E-state index contributed by atoms with van der Waals surface area (Å²) in [4.78, 5) is 21.0. The molecule has 0 unspecified atom stereocenters. The molecule has 0 radical (unpaired) electrons. The minimum absolute atomic E-state index is 0.248. The van der Waals surface area contributed by atoms with Gasteiger partial charge in [0.1, 0.15) is 11.8 Å². The molecule has 0 aliphatic heterocycles. The van der Waals surface area contributed by atoms with Gasteiger partial charge in [-0.3, -0.25) is 14.6 Å². The number of nitrogens with zero attached hydrogens (tertiary/aromatic N) is 5. The van der Waals surface area contributed by atoms with Crippen molar-refractivity contribution in [1.29, 1.82) is 0 Å². The highest BCUT2D eigenvalue weighted by molar-refractivity contribution is 5.84. The first-order chi connectivity index (χ1) is 12.7. The van der Waals surface area contributed by atoms with Crippen LogP contribution < -0.4 is 5.56 Å². The van der Waals surface area contributed by atoms with Crippen LogP contribution in [0.15, 0.2) is 58.3 Å². The van der Waals surface area contributed by atoms with E-state index in [1.54, 1.807) is 10.7 Å². The first-order valence-corrected chi connectivity index (χ1v) is 8.22. The van der Waals surface area contributed by atoms with Crippen LogP contribution in [0, 0.1) is 0 Å². The molecule has 8 heteroatoms. The quantitative estimate of drug-likeness (QED) is 0.542. The highest BCUT2D eigenvalue weighted by Gasteiger charge is 2.17. The lowest BCUT2D eigenvalue weighted by Gasteiger charge is -2.04. The van der Waals surface area contributed by atoms with Crippen molar-refractivity contribution in [1.82, 2.24) is 29.4 Å². The number of oxazole rings is 1. The van der Waals surface area contributed by atoms with Crippen LogP contribution in [0.1, 0.15) is 6.92 Å². The Morgan fingerprint density at radius 3 is 3.00 bits per heavy atom. The van der Waals surface area contributed by atoms with Gasteiger partial charge in [0.25, 0.3) is 5.56 Å². The third-order valence-corrected chi connectivity index (χ3v) is 4.39. The van der Waals surface area contributed by atoms with E-state index in [0.29, 0.717) is 11.2 Å². The Balaban J connectivity index is 1.73. The number of H-pyrrole nitrogens is 1. The molecule has 0 aliphatic carbocycles. The van der Waals surface area contributed by atoms with Crippen LogP contribution in [0.5, 0.6) is 0 Å². The largest absolute Gasteiger partial charge is 0.444 e. The van der Waals surface area contributed by atoms with Crippen molar-refractivity contribution in [3.8, 4) is 22.7 Å².